The second kappa shape index (κ2) is 7.90. The van der Waals surface area contributed by atoms with Crippen molar-refractivity contribution < 1.29 is 9.85 Å². The smallest absolute Gasteiger partial charge is 0.258 e. The van der Waals surface area contributed by atoms with Crippen LogP contribution in [0.1, 0.15) is 11.1 Å². The molecule has 0 saturated heterocycles. The van der Waals surface area contributed by atoms with Crippen molar-refractivity contribution >= 4 is 35.3 Å². The maximum Gasteiger partial charge on any atom is 0.269 e. The largest absolute Gasteiger partial charge is 0.269 e. The van der Waals surface area contributed by atoms with E-state index >= 15 is 0 Å². The maximum atomic E-state index is 10.5. The maximum absolute atomic E-state index is 10.5. The molecule has 0 heterocycles. The molecule has 0 radical (unpaired) electrons. The third-order valence-electron chi connectivity index (χ3n) is 2.89. The Labute approximate surface area is 136 Å². The third-order valence-corrected chi connectivity index (χ3v) is 3.47. The van der Waals surface area contributed by atoms with E-state index in [-0.39, 0.29) is 11.4 Å². The highest BCUT2D eigenvalue weighted by atomic mass is 32.2. The van der Waals surface area contributed by atoms with Gasteiger partial charge in [0.05, 0.1) is 9.85 Å². The third kappa shape index (κ3) is 5.08. The number of thioether (sulfide) groups is 1. The molecule has 0 atom stereocenters. The Kier molecular flexibility index (Phi) is 5.65. The van der Waals surface area contributed by atoms with Gasteiger partial charge in [0, 0.05) is 24.3 Å². The number of rotatable bonds is 6. The fourth-order valence-corrected chi connectivity index (χ4v) is 2.26. The molecule has 0 fully saturated rings. The monoisotopic (exact) mass is 328 g/mol. The summed E-state index contributed by atoms with van der Waals surface area (Å²) in [5.41, 5.74) is 1.86. The van der Waals surface area contributed by atoms with Crippen molar-refractivity contribution in [3.05, 3.63) is 90.7 Å². The molecule has 0 aliphatic carbocycles. The molecule has 23 heavy (non-hydrogen) atoms. The van der Waals surface area contributed by atoms with E-state index in [2.05, 4.69) is 0 Å². The minimum atomic E-state index is -0.435. The van der Waals surface area contributed by atoms with Crippen LogP contribution in [0.3, 0.4) is 0 Å². The van der Waals surface area contributed by atoms with E-state index < -0.39 is 9.85 Å². The van der Waals surface area contributed by atoms with Gasteiger partial charge in [0.25, 0.3) is 11.4 Å². The lowest BCUT2D eigenvalue weighted by Crippen LogP contribution is -1.86. The molecule has 0 unspecified atom stereocenters. The van der Waals surface area contributed by atoms with Crippen molar-refractivity contribution in [1.29, 1.82) is 0 Å². The van der Waals surface area contributed by atoms with Crippen LogP contribution in [-0.4, -0.2) is 9.85 Å². The summed E-state index contributed by atoms with van der Waals surface area (Å²) in [4.78, 5) is 20.2. The molecule has 2 aromatic rings. The van der Waals surface area contributed by atoms with Gasteiger partial charge in [-0.15, -0.1) is 11.8 Å². The Morgan fingerprint density at radius 2 is 1.04 bits per heavy atom. The number of benzene rings is 2. The fraction of sp³-hybridized carbons (Fsp3) is 0. The molecular formula is C16H12N2O4S. The first-order chi connectivity index (χ1) is 11.1. The van der Waals surface area contributed by atoms with E-state index in [0.29, 0.717) is 0 Å². The molecule has 0 bridgehead atoms. The first-order valence-electron chi connectivity index (χ1n) is 6.54. The Balaban J connectivity index is 1.88. The molecule has 0 aliphatic heterocycles. The van der Waals surface area contributed by atoms with Gasteiger partial charge in [0.2, 0.25) is 0 Å². The average Bonchev–Trinajstić information content (AvgIpc) is 2.55. The summed E-state index contributed by atoms with van der Waals surface area (Å²) in [5, 5.41) is 24.8. The Morgan fingerprint density at radius 1 is 0.696 bits per heavy atom. The first kappa shape index (κ1) is 16.4. The van der Waals surface area contributed by atoms with Crippen LogP contribution in [0.4, 0.5) is 11.4 Å². The summed E-state index contributed by atoms with van der Waals surface area (Å²) in [6.07, 6.45) is 3.68. The van der Waals surface area contributed by atoms with Crippen molar-refractivity contribution in [2.24, 2.45) is 0 Å². The molecule has 2 aromatic carbocycles. The highest BCUT2D eigenvalue weighted by Gasteiger charge is 2.02. The van der Waals surface area contributed by atoms with Crippen LogP contribution >= 0.6 is 11.8 Å². The van der Waals surface area contributed by atoms with Crippen molar-refractivity contribution in [1.82, 2.24) is 0 Å². The highest BCUT2D eigenvalue weighted by Crippen LogP contribution is 2.17. The number of non-ortho nitro benzene ring substituents is 2. The number of hydrogen-bond acceptors (Lipinski definition) is 5. The first-order valence-corrected chi connectivity index (χ1v) is 7.48. The van der Waals surface area contributed by atoms with Crippen LogP contribution in [-0.2, 0) is 0 Å². The van der Waals surface area contributed by atoms with Gasteiger partial charge < -0.3 is 0 Å². The number of hydrogen-bond donors (Lipinski definition) is 0. The highest BCUT2D eigenvalue weighted by molar-refractivity contribution is 8.05. The van der Waals surface area contributed by atoms with Gasteiger partial charge in [-0.05, 0) is 58.4 Å². The minimum Gasteiger partial charge on any atom is -0.258 e. The molecule has 0 spiro atoms. The van der Waals surface area contributed by atoms with Gasteiger partial charge >= 0.3 is 0 Å². The van der Waals surface area contributed by atoms with E-state index in [1.54, 1.807) is 24.3 Å². The summed E-state index contributed by atoms with van der Waals surface area (Å²) >= 11 is 1.44. The van der Waals surface area contributed by atoms with E-state index in [9.17, 15) is 20.2 Å². The normalized spacial score (nSPS) is 11.1. The van der Waals surface area contributed by atoms with Gasteiger partial charge in [0.15, 0.2) is 0 Å². The second-order valence-corrected chi connectivity index (χ2v) is 5.26. The van der Waals surface area contributed by atoms with E-state index in [0.717, 1.165) is 11.1 Å². The fourth-order valence-electron chi connectivity index (χ4n) is 1.70. The van der Waals surface area contributed by atoms with E-state index in [1.807, 2.05) is 23.0 Å². The zero-order valence-corrected chi connectivity index (χ0v) is 12.7. The van der Waals surface area contributed by atoms with Crippen LogP contribution in [0, 0.1) is 20.2 Å². The molecule has 116 valence electrons. The Hall–Kier alpha value is -2.93. The van der Waals surface area contributed by atoms with Gasteiger partial charge in [-0.25, -0.2) is 0 Å². The van der Waals surface area contributed by atoms with Crippen LogP contribution in [0.5, 0.6) is 0 Å². The van der Waals surface area contributed by atoms with Gasteiger partial charge in [-0.1, -0.05) is 0 Å². The summed E-state index contributed by atoms with van der Waals surface area (Å²) < 4.78 is 0. The van der Waals surface area contributed by atoms with Crippen molar-refractivity contribution in [2.45, 2.75) is 0 Å². The summed E-state index contributed by atoms with van der Waals surface area (Å²) in [6.45, 7) is 0. The van der Waals surface area contributed by atoms with Crippen LogP contribution < -0.4 is 0 Å². The van der Waals surface area contributed by atoms with Gasteiger partial charge in [-0.2, -0.15) is 0 Å². The quantitative estimate of drug-likeness (QED) is 0.557. The summed E-state index contributed by atoms with van der Waals surface area (Å²) in [5.74, 6) is 0. The molecule has 0 aromatic heterocycles. The van der Waals surface area contributed by atoms with E-state index in [4.69, 9.17) is 0 Å². The molecule has 0 saturated carbocycles. The topological polar surface area (TPSA) is 86.3 Å². The Morgan fingerprint density at radius 3 is 1.35 bits per heavy atom. The summed E-state index contributed by atoms with van der Waals surface area (Å²) in [7, 11) is 0. The zero-order valence-electron chi connectivity index (χ0n) is 11.9. The molecule has 2 rings (SSSR count). The van der Waals surface area contributed by atoms with E-state index in [1.165, 1.54) is 36.0 Å². The lowest BCUT2D eigenvalue weighted by atomic mass is 10.2. The predicted molar refractivity (Wildman–Crippen MR) is 91.9 cm³/mol. The molecule has 7 heteroatoms. The molecule has 0 aliphatic rings. The predicted octanol–water partition coefficient (Wildman–Crippen LogP) is 4.88. The zero-order chi connectivity index (χ0) is 16.7. The molecular weight excluding hydrogens is 316 g/mol. The standard InChI is InChI=1S/C16H12N2O4S/c19-17(20)15-5-1-13(2-6-15)9-11-23-12-10-14-3-7-16(8-4-14)18(21)22/h1-12H. The lowest BCUT2D eigenvalue weighted by Gasteiger charge is -1.94. The molecule has 0 amide bonds. The SMILES string of the molecule is O=[N+]([O-])c1ccc(C=CSC=Cc2ccc([N+](=O)[O-])cc2)cc1. The minimum absolute atomic E-state index is 0.0628. The van der Waals surface area contributed by atoms with Gasteiger partial charge in [0.1, 0.15) is 0 Å². The number of nitro benzene ring substituents is 2. The van der Waals surface area contributed by atoms with Crippen LogP contribution in [0.25, 0.3) is 12.2 Å². The van der Waals surface area contributed by atoms with Gasteiger partial charge in [-0.3, -0.25) is 20.2 Å². The van der Waals surface area contributed by atoms with Crippen molar-refractivity contribution in [3.8, 4) is 0 Å². The molecule has 6 nitrogen and oxygen atoms in total. The molecule has 0 N–H and O–H groups in total. The summed E-state index contributed by atoms with van der Waals surface area (Å²) in [6, 6.07) is 12.5. The Bertz CT molecular complexity index is 687. The van der Waals surface area contributed by atoms with Crippen LogP contribution in [0.15, 0.2) is 59.3 Å². The van der Waals surface area contributed by atoms with Crippen LogP contribution in [0.2, 0.25) is 0 Å². The number of nitrogens with zero attached hydrogens (tertiary/aromatic N) is 2. The van der Waals surface area contributed by atoms with Crippen molar-refractivity contribution in [2.75, 3.05) is 0 Å². The second-order valence-electron chi connectivity index (χ2n) is 4.44. The lowest BCUT2D eigenvalue weighted by molar-refractivity contribution is -0.385. The number of nitro groups is 2. The average molecular weight is 328 g/mol. The van der Waals surface area contributed by atoms with Crippen molar-refractivity contribution in [3.63, 3.8) is 0 Å².